The Morgan fingerprint density at radius 1 is 0.755 bits per heavy atom. The van der Waals surface area contributed by atoms with Gasteiger partial charge in [-0.15, -0.1) is 0 Å². The molecule has 0 aromatic heterocycles. The highest BCUT2D eigenvalue weighted by atomic mass is 16.6. The number of nitrogens with two attached hydrogens (primary N) is 1. The number of unbranched alkanes of at least 4 members (excludes halogenated alkanes) is 4. The van der Waals surface area contributed by atoms with Crippen molar-refractivity contribution in [3.8, 4) is 0 Å². The molecular formula is C38H56N4O7. The number of primary amides is 1. The molecule has 2 aromatic carbocycles. The Kier molecular flexibility index (Phi) is 16.3. The Morgan fingerprint density at radius 3 is 1.88 bits per heavy atom. The van der Waals surface area contributed by atoms with Crippen LogP contribution in [0.4, 0.5) is 4.79 Å². The Balaban J connectivity index is 2.60. The predicted octanol–water partition coefficient (Wildman–Crippen LogP) is 5.75. The summed E-state index contributed by atoms with van der Waals surface area (Å²) in [5, 5.41) is 5.52. The predicted molar refractivity (Wildman–Crippen MR) is 189 cm³/mol. The Hall–Kier alpha value is -4.41. The maximum atomic E-state index is 14.5. The van der Waals surface area contributed by atoms with Gasteiger partial charge in [0.15, 0.2) is 0 Å². The minimum absolute atomic E-state index is 0.0998. The number of carbonyl (C=O) groups excluding carboxylic acids is 5. The van der Waals surface area contributed by atoms with Gasteiger partial charge in [0.2, 0.25) is 17.7 Å². The highest BCUT2D eigenvalue weighted by Crippen LogP contribution is 2.25. The van der Waals surface area contributed by atoms with Crippen LogP contribution in [0.3, 0.4) is 0 Å². The summed E-state index contributed by atoms with van der Waals surface area (Å²) in [4.78, 5) is 68.7. The maximum Gasteiger partial charge on any atom is 0.408 e. The zero-order valence-electron chi connectivity index (χ0n) is 30.3. The minimum Gasteiger partial charge on any atom is -0.458 e. The molecule has 270 valence electrons. The van der Waals surface area contributed by atoms with Gasteiger partial charge in [-0.25, -0.2) is 9.59 Å². The summed E-state index contributed by atoms with van der Waals surface area (Å²) in [6.07, 6.45) is 3.42. The molecule has 4 amide bonds. The maximum absolute atomic E-state index is 14.5. The van der Waals surface area contributed by atoms with Crippen LogP contribution in [0.15, 0.2) is 60.7 Å². The van der Waals surface area contributed by atoms with E-state index in [-0.39, 0.29) is 25.8 Å². The molecule has 2 rings (SSSR count). The van der Waals surface area contributed by atoms with Crippen LogP contribution >= 0.6 is 0 Å². The number of benzene rings is 2. The molecule has 3 atom stereocenters. The molecule has 0 saturated carbocycles. The monoisotopic (exact) mass is 680 g/mol. The lowest BCUT2D eigenvalue weighted by molar-refractivity contribution is -0.159. The van der Waals surface area contributed by atoms with E-state index >= 15 is 0 Å². The second kappa shape index (κ2) is 19.6. The van der Waals surface area contributed by atoms with Crippen LogP contribution in [0.2, 0.25) is 0 Å². The van der Waals surface area contributed by atoms with Crippen LogP contribution in [0.25, 0.3) is 0 Å². The highest BCUT2D eigenvalue weighted by Gasteiger charge is 2.38. The quantitative estimate of drug-likeness (QED) is 0.134. The number of hydrogen-bond acceptors (Lipinski definition) is 7. The Labute approximate surface area is 291 Å². The number of nitrogens with zero attached hydrogens (tertiary/aromatic N) is 1. The number of ether oxygens (including phenoxy) is 2. The van der Waals surface area contributed by atoms with E-state index < -0.39 is 59.1 Å². The zero-order chi connectivity index (χ0) is 36.6. The van der Waals surface area contributed by atoms with Crippen molar-refractivity contribution >= 4 is 29.8 Å². The molecule has 0 saturated heterocycles. The molecule has 0 heterocycles. The second-order valence-electron chi connectivity index (χ2n) is 14.2. The van der Waals surface area contributed by atoms with Gasteiger partial charge in [-0.3, -0.25) is 14.4 Å². The van der Waals surface area contributed by atoms with Crippen LogP contribution in [0.5, 0.6) is 0 Å². The highest BCUT2D eigenvalue weighted by molar-refractivity contribution is 5.94. The summed E-state index contributed by atoms with van der Waals surface area (Å²) < 4.78 is 11.1. The third-order valence-corrected chi connectivity index (χ3v) is 7.42. The minimum atomic E-state index is -1.22. The molecule has 0 radical (unpaired) electrons. The molecule has 2 aromatic rings. The molecular weight excluding hydrogens is 624 g/mol. The SMILES string of the molecule is CCCCCCCN(C(=O)C(CCC(N)=O)NC(=O)OC(C)(C)C)C(C(=O)NC(Cc1ccccc1)C(=O)OC(C)(C)C)c1ccccc1. The summed E-state index contributed by atoms with van der Waals surface area (Å²) in [7, 11) is 0. The molecule has 0 aliphatic carbocycles. The van der Waals surface area contributed by atoms with E-state index in [2.05, 4.69) is 17.6 Å². The van der Waals surface area contributed by atoms with Crippen molar-refractivity contribution in [2.24, 2.45) is 5.73 Å². The molecule has 11 nitrogen and oxygen atoms in total. The van der Waals surface area contributed by atoms with Gasteiger partial charge in [0.1, 0.15) is 29.3 Å². The molecule has 49 heavy (non-hydrogen) atoms. The first kappa shape index (κ1) is 40.8. The summed E-state index contributed by atoms with van der Waals surface area (Å²) in [6, 6.07) is 14.6. The number of rotatable bonds is 18. The van der Waals surface area contributed by atoms with Crippen LogP contribution < -0.4 is 16.4 Å². The number of alkyl carbamates (subject to hydrolysis) is 1. The van der Waals surface area contributed by atoms with Gasteiger partial charge in [0.25, 0.3) is 0 Å². The van der Waals surface area contributed by atoms with E-state index in [9.17, 15) is 24.0 Å². The van der Waals surface area contributed by atoms with E-state index in [1.807, 2.05) is 30.3 Å². The molecule has 0 bridgehead atoms. The molecule has 4 N–H and O–H groups in total. The van der Waals surface area contributed by atoms with E-state index in [0.717, 1.165) is 31.2 Å². The molecule has 0 aliphatic heterocycles. The van der Waals surface area contributed by atoms with E-state index in [0.29, 0.717) is 12.0 Å². The van der Waals surface area contributed by atoms with E-state index in [4.69, 9.17) is 15.2 Å². The number of hydrogen-bond donors (Lipinski definition) is 3. The average Bonchev–Trinajstić information content (AvgIpc) is 3.01. The van der Waals surface area contributed by atoms with Gasteiger partial charge in [-0.1, -0.05) is 93.3 Å². The molecule has 3 unspecified atom stereocenters. The van der Waals surface area contributed by atoms with Gasteiger partial charge in [-0.2, -0.15) is 0 Å². The van der Waals surface area contributed by atoms with Gasteiger partial charge >= 0.3 is 12.1 Å². The Morgan fingerprint density at radius 2 is 1.33 bits per heavy atom. The van der Waals surface area contributed by atoms with Crippen LogP contribution in [0, 0.1) is 0 Å². The standard InChI is InChI=1S/C38H56N4O7/c1-8-9-10-11-18-25-42(34(45)29(23-24-31(39)43)41-36(47)49-38(5,6)7)32(28-21-16-13-17-22-28)33(44)40-30(35(46)48-37(2,3)4)26-27-19-14-12-15-20-27/h12-17,19-22,29-30,32H,8-11,18,23-26H2,1-7H3,(H2,39,43)(H,40,44)(H,41,47). The third kappa shape index (κ3) is 15.6. The first-order valence-electron chi connectivity index (χ1n) is 17.2. The number of esters is 1. The van der Waals surface area contributed by atoms with Crippen molar-refractivity contribution in [1.82, 2.24) is 15.5 Å². The summed E-state index contributed by atoms with van der Waals surface area (Å²) in [5.41, 5.74) is 5.12. The van der Waals surface area contributed by atoms with Gasteiger partial charge in [-0.05, 0) is 65.5 Å². The van der Waals surface area contributed by atoms with Crippen molar-refractivity contribution in [3.05, 3.63) is 71.8 Å². The molecule has 0 aliphatic rings. The van der Waals surface area contributed by atoms with Gasteiger partial charge in [0.05, 0.1) is 0 Å². The number of amides is 4. The van der Waals surface area contributed by atoms with Crippen molar-refractivity contribution in [2.45, 2.75) is 129 Å². The molecule has 0 spiro atoms. The smallest absolute Gasteiger partial charge is 0.408 e. The lowest BCUT2D eigenvalue weighted by Crippen LogP contribution is -2.55. The number of carbonyl (C=O) groups is 5. The summed E-state index contributed by atoms with van der Waals surface area (Å²) in [5.74, 6) is -2.43. The Bertz CT molecular complexity index is 1350. The summed E-state index contributed by atoms with van der Waals surface area (Å²) in [6.45, 7) is 12.6. The van der Waals surface area contributed by atoms with Gasteiger partial charge in [0, 0.05) is 19.4 Å². The molecule has 0 fully saturated rings. The summed E-state index contributed by atoms with van der Waals surface area (Å²) >= 11 is 0. The van der Waals surface area contributed by atoms with E-state index in [1.165, 1.54) is 4.90 Å². The first-order chi connectivity index (χ1) is 23.0. The van der Waals surface area contributed by atoms with Crippen LogP contribution in [0.1, 0.15) is 111 Å². The lowest BCUT2D eigenvalue weighted by atomic mass is 9.99. The van der Waals surface area contributed by atoms with Crippen LogP contribution in [-0.4, -0.2) is 64.5 Å². The molecule has 11 heteroatoms. The number of nitrogens with one attached hydrogen (secondary N) is 2. The van der Waals surface area contributed by atoms with Crippen LogP contribution in [-0.2, 0) is 35.1 Å². The van der Waals surface area contributed by atoms with Crippen molar-refractivity contribution in [3.63, 3.8) is 0 Å². The van der Waals surface area contributed by atoms with Crippen molar-refractivity contribution in [2.75, 3.05) is 6.54 Å². The lowest BCUT2D eigenvalue weighted by Gasteiger charge is -2.35. The fourth-order valence-electron chi connectivity index (χ4n) is 5.22. The fraction of sp³-hybridized carbons (Fsp3) is 0.553. The normalized spacial score (nSPS) is 13.4. The average molecular weight is 681 g/mol. The van der Waals surface area contributed by atoms with Crippen molar-refractivity contribution < 1.29 is 33.4 Å². The fourth-order valence-corrected chi connectivity index (χ4v) is 5.22. The van der Waals surface area contributed by atoms with E-state index in [1.54, 1.807) is 71.9 Å². The third-order valence-electron chi connectivity index (χ3n) is 7.42. The van der Waals surface area contributed by atoms with Crippen molar-refractivity contribution in [1.29, 1.82) is 0 Å². The zero-order valence-corrected chi connectivity index (χ0v) is 30.3. The topological polar surface area (TPSA) is 157 Å². The first-order valence-corrected chi connectivity index (χ1v) is 17.2. The largest absolute Gasteiger partial charge is 0.458 e. The van der Waals surface area contributed by atoms with Gasteiger partial charge < -0.3 is 30.7 Å². The second-order valence-corrected chi connectivity index (χ2v) is 14.2.